The van der Waals surface area contributed by atoms with Gasteiger partial charge in [-0.25, -0.2) is 4.98 Å². The fourth-order valence-electron chi connectivity index (χ4n) is 4.41. The van der Waals surface area contributed by atoms with Gasteiger partial charge >= 0.3 is 6.18 Å². The van der Waals surface area contributed by atoms with Gasteiger partial charge in [-0.15, -0.1) is 0 Å². The van der Waals surface area contributed by atoms with E-state index in [2.05, 4.69) is 15.6 Å². The van der Waals surface area contributed by atoms with Gasteiger partial charge in [-0.05, 0) is 74.6 Å². The Morgan fingerprint density at radius 3 is 2.52 bits per heavy atom. The van der Waals surface area contributed by atoms with E-state index in [0.717, 1.165) is 30.9 Å². The van der Waals surface area contributed by atoms with Crippen LogP contribution in [0.4, 0.5) is 18.9 Å². The first-order valence-electron chi connectivity index (χ1n) is 10.9. The highest BCUT2D eigenvalue weighted by atomic mass is 19.4. The second-order valence-corrected chi connectivity index (χ2v) is 8.43. The monoisotopic (exact) mass is 457 g/mol. The quantitative estimate of drug-likeness (QED) is 0.514. The second-order valence-electron chi connectivity index (χ2n) is 8.43. The van der Waals surface area contributed by atoms with E-state index in [-0.39, 0.29) is 18.0 Å². The Morgan fingerprint density at radius 1 is 1.09 bits per heavy atom. The van der Waals surface area contributed by atoms with Crippen molar-refractivity contribution < 1.29 is 22.7 Å². The molecule has 5 nitrogen and oxygen atoms in total. The molecule has 33 heavy (non-hydrogen) atoms. The second kappa shape index (κ2) is 9.29. The molecule has 1 aliphatic carbocycles. The number of carbonyl (C=O) groups excluding carboxylic acids is 1. The average molecular weight is 457 g/mol. The molecule has 1 aromatic heterocycles. The Bertz CT molecular complexity index is 1150. The summed E-state index contributed by atoms with van der Waals surface area (Å²) in [6.07, 6.45) is -1.41. The molecule has 8 heteroatoms. The third-order valence-corrected chi connectivity index (χ3v) is 6.05. The minimum atomic E-state index is -4.53. The standard InChI is InChI=1S/C25H26F3N3O2/c1-15-5-3-8-20-23(15)21(14-22(31-20)25(26,27)28)29-17-6-4-7-18(13-17)30-24(32)16-9-11-19(33-2)12-10-16/h3,5,8-12,14,17-18H,4,6-7,13H2,1-2H3,(H,29,31)(H,30,32)/t17-,18+/m0/s1. The van der Waals surface area contributed by atoms with Crippen LogP contribution in [0.5, 0.6) is 5.75 Å². The molecule has 0 bridgehead atoms. The van der Waals surface area contributed by atoms with Gasteiger partial charge in [0.25, 0.3) is 5.91 Å². The number of methoxy groups -OCH3 is 1. The summed E-state index contributed by atoms with van der Waals surface area (Å²) in [7, 11) is 1.56. The van der Waals surface area contributed by atoms with Crippen molar-refractivity contribution in [2.24, 2.45) is 0 Å². The van der Waals surface area contributed by atoms with Crippen LogP contribution in [0.2, 0.25) is 0 Å². The molecule has 4 rings (SSSR count). The molecule has 1 saturated carbocycles. The molecule has 1 amide bonds. The number of aryl methyl sites for hydroxylation is 1. The van der Waals surface area contributed by atoms with Gasteiger partial charge in [-0.3, -0.25) is 4.79 Å². The van der Waals surface area contributed by atoms with Crippen molar-refractivity contribution >= 4 is 22.5 Å². The number of nitrogens with zero attached hydrogens (tertiary/aromatic N) is 1. The van der Waals surface area contributed by atoms with Gasteiger partial charge in [-0.1, -0.05) is 12.1 Å². The SMILES string of the molecule is COc1ccc(C(=O)N[C@@H]2CCC[C@H](Nc3cc(C(F)(F)F)nc4cccc(C)c34)C2)cc1. The number of ether oxygens (including phenoxy) is 1. The molecule has 1 aliphatic rings. The number of hydrogen-bond donors (Lipinski definition) is 2. The van der Waals surface area contributed by atoms with E-state index >= 15 is 0 Å². The van der Waals surface area contributed by atoms with Crippen molar-refractivity contribution in [2.45, 2.75) is 50.9 Å². The Morgan fingerprint density at radius 2 is 1.82 bits per heavy atom. The molecule has 0 unspecified atom stereocenters. The summed E-state index contributed by atoms with van der Waals surface area (Å²) in [4.78, 5) is 16.5. The lowest BCUT2D eigenvalue weighted by molar-refractivity contribution is -0.140. The summed E-state index contributed by atoms with van der Waals surface area (Å²) in [5.74, 6) is 0.499. The summed E-state index contributed by atoms with van der Waals surface area (Å²) >= 11 is 0. The van der Waals surface area contributed by atoms with Crippen molar-refractivity contribution in [3.8, 4) is 5.75 Å². The number of halogens is 3. The summed E-state index contributed by atoms with van der Waals surface area (Å²) in [6.45, 7) is 1.86. The Labute approximate surface area is 190 Å². The maximum atomic E-state index is 13.4. The summed E-state index contributed by atoms with van der Waals surface area (Å²) in [6, 6.07) is 13.0. The summed E-state index contributed by atoms with van der Waals surface area (Å²) in [5, 5.41) is 7.08. The normalized spacial score (nSPS) is 18.7. The minimum Gasteiger partial charge on any atom is -0.497 e. The number of benzene rings is 2. The highest BCUT2D eigenvalue weighted by Crippen LogP contribution is 2.35. The van der Waals surface area contributed by atoms with Crippen molar-refractivity contribution in [2.75, 3.05) is 12.4 Å². The van der Waals surface area contributed by atoms with Gasteiger partial charge < -0.3 is 15.4 Å². The molecular weight excluding hydrogens is 431 g/mol. The maximum Gasteiger partial charge on any atom is 0.433 e. The highest BCUT2D eigenvalue weighted by Gasteiger charge is 2.34. The van der Waals surface area contributed by atoms with Crippen molar-refractivity contribution in [3.63, 3.8) is 0 Å². The van der Waals surface area contributed by atoms with Gasteiger partial charge in [0.05, 0.1) is 12.6 Å². The number of alkyl halides is 3. The number of rotatable bonds is 5. The molecule has 2 aromatic carbocycles. The molecule has 0 saturated heterocycles. The van der Waals surface area contributed by atoms with E-state index in [9.17, 15) is 18.0 Å². The lowest BCUT2D eigenvalue weighted by Crippen LogP contribution is -2.41. The number of aromatic nitrogens is 1. The molecule has 1 fully saturated rings. The van der Waals surface area contributed by atoms with Crippen molar-refractivity contribution in [1.82, 2.24) is 10.3 Å². The first-order valence-corrected chi connectivity index (χ1v) is 10.9. The van der Waals surface area contributed by atoms with Crippen LogP contribution in [-0.2, 0) is 6.18 Å². The van der Waals surface area contributed by atoms with E-state index in [1.807, 2.05) is 13.0 Å². The largest absolute Gasteiger partial charge is 0.497 e. The van der Waals surface area contributed by atoms with Gasteiger partial charge in [0, 0.05) is 28.7 Å². The molecule has 0 spiro atoms. The number of amides is 1. The van der Waals surface area contributed by atoms with E-state index in [0.29, 0.717) is 34.3 Å². The Balaban J connectivity index is 1.51. The van der Waals surface area contributed by atoms with Gasteiger partial charge in [0.2, 0.25) is 0 Å². The highest BCUT2D eigenvalue weighted by molar-refractivity contribution is 5.95. The average Bonchev–Trinajstić information content (AvgIpc) is 2.78. The van der Waals surface area contributed by atoms with E-state index in [4.69, 9.17) is 4.74 Å². The molecule has 0 radical (unpaired) electrons. The predicted octanol–water partition coefficient (Wildman–Crippen LogP) is 5.72. The molecule has 2 atom stereocenters. The molecule has 1 heterocycles. The van der Waals surface area contributed by atoms with Crippen LogP contribution in [0.15, 0.2) is 48.5 Å². The lowest BCUT2D eigenvalue weighted by Gasteiger charge is -2.31. The van der Waals surface area contributed by atoms with E-state index in [1.54, 1.807) is 43.5 Å². The zero-order valence-electron chi connectivity index (χ0n) is 18.5. The van der Waals surface area contributed by atoms with Gasteiger partial charge in [-0.2, -0.15) is 13.2 Å². The number of anilines is 1. The summed E-state index contributed by atoms with van der Waals surface area (Å²) < 4.78 is 45.5. The van der Waals surface area contributed by atoms with Crippen LogP contribution < -0.4 is 15.4 Å². The third-order valence-electron chi connectivity index (χ3n) is 6.05. The van der Waals surface area contributed by atoms with Crippen LogP contribution in [0.1, 0.15) is 47.3 Å². The molecule has 3 aromatic rings. The topological polar surface area (TPSA) is 63.2 Å². The van der Waals surface area contributed by atoms with Crippen LogP contribution >= 0.6 is 0 Å². The maximum absolute atomic E-state index is 13.4. The zero-order valence-corrected chi connectivity index (χ0v) is 18.5. The lowest BCUT2D eigenvalue weighted by atomic mass is 9.90. The minimum absolute atomic E-state index is 0.0637. The van der Waals surface area contributed by atoms with Crippen molar-refractivity contribution in [1.29, 1.82) is 0 Å². The number of hydrogen-bond acceptors (Lipinski definition) is 4. The van der Waals surface area contributed by atoms with Crippen LogP contribution in [-0.4, -0.2) is 30.1 Å². The smallest absolute Gasteiger partial charge is 0.433 e. The number of fused-ring (bicyclic) bond motifs is 1. The molecule has 0 aliphatic heterocycles. The first-order chi connectivity index (χ1) is 15.7. The number of carbonyl (C=O) groups is 1. The van der Waals surface area contributed by atoms with Crippen LogP contribution in [0.3, 0.4) is 0 Å². The fourth-order valence-corrected chi connectivity index (χ4v) is 4.41. The molecule has 2 N–H and O–H groups in total. The third kappa shape index (κ3) is 5.21. The van der Waals surface area contributed by atoms with E-state index < -0.39 is 11.9 Å². The van der Waals surface area contributed by atoms with Crippen molar-refractivity contribution in [3.05, 3.63) is 65.4 Å². The predicted molar refractivity (Wildman–Crippen MR) is 122 cm³/mol. The molecular formula is C25H26F3N3O2. The van der Waals surface area contributed by atoms with E-state index in [1.165, 1.54) is 0 Å². The van der Waals surface area contributed by atoms with Crippen LogP contribution in [0, 0.1) is 6.92 Å². The van der Waals surface area contributed by atoms with Gasteiger partial charge in [0.15, 0.2) is 0 Å². The Hall–Kier alpha value is -3.29. The fraction of sp³-hybridized carbons (Fsp3) is 0.360. The summed E-state index contributed by atoms with van der Waals surface area (Å²) in [5.41, 5.74) is 1.22. The first kappa shape index (κ1) is 22.9. The van der Waals surface area contributed by atoms with Crippen LogP contribution in [0.25, 0.3) is 10.9 Å². The molecule has 174 valence electrons. The van der Waals surface area contributed by atoms with Gasteiger partial charge in [0.1, 0.15) is 11.4 Å². The zero-order chi connectivity index (χ0) is 23.6. The Kier molecular flexibility index (Phi) is 6.44. The number of nitrogens with one attached hydrogen (secondary N) is 2. The number of pyridine rings is 1.